The van der Waals surface area contributed by atoms with Gasteiger partial charge in [0.25, 0.3) is 0 Å². The molecule has 0 saturated heterocycles. The van der Waals surface area contributed by atoms with Crippen LogP contribution in [0.25, 0.3) is 0 Å². The lowest BCUT2D eigenvalue weighted by molar-refractivity contribution is -0.386. The SMILES string of the molecule is CC(O)(COc1c(Br)cccc1[N+](=O)[O-])C(=O)O. The van der Waals surface area contributed by atoms with Gasteiger partial charge in [-0.3, -0.25) is 10.1 Å². The summed E-state index contributed by atoms with van der Waals surface area (Å²) in [5.41, 5.74) is -2.44. The Bertz CT molecular complexity index is 487. The Balaban J connectivity index is 2.98. The summed E-state index contributed by atoms with van der Waals surface area (Å²) in [5, 5.41) is 28.9. The van der Waals surface area contributed by atoms with Crippen LogP contribution < -0.4 is 4.74 Å². The predicted molar refractivity (Wildman–Crippen MR) is 64.6 cm³/mol. The highest BCUT2D eigenvalue weighted by molar-refractivity contribution is 9.10. The van der Waals surface area contributed by atoms with Gasteiger partial charge in [0.15, 0.2) is 5.60 Å². The molecule has 1 atom stereocenters. The van der Waals surface area contributed by atoms with E-state index in [4.69, 9.17) is 9.84 Å². The number of hydrogen-bond donors (Lipinski definition) is 2. The molecule has 0 bridgehead atoms. The van der Waals surface area contributed by atoms with Crippen LogP contribution in [0, 0.1) is 10.1 Å². The maximum absolute atomic E-state index is 10.8. The molecule has 98 valence electrons. The van der Waals surface area contributed by atoms with Gasteiger partial charge in [-0.15, -0.1) is 0 Å². The standard InChI is InChI=1S/C10H10BrNO6/c1-10(15,9(13)14)5-18-8-6(11)3-2-4-7(8)12(16)17/h2-4,15H,5H2,1H3,(H,13,14). The Labute approximate surface area is 110 Å². The highest BCUT2D eigenvalue weighted by Crippen LogP contribution is 2.35. The molecule has 18 heavy (non-hydrogen) atoms. The number of nitro groups is 1. The molecule has 0 aliphatic heterocycles. The van der Waals surface area contributed by atoms with Gasteiger partial charge in [0.1, 0.15) is 6.61 Å². The average molecular weight is 320 g/mol. The van der Waals surface area contributed by atoms with Crippen LogP contribution in [0.3, 0.4) is 0 Å². The van der Waals surface area contributed by atoms with Gasteiger partial charge in [-0.2, -0.15) is 0 Å². The van der Waals surface area contributed by atoms with Gasteiger partial charge in [0.05, 0.1) is 9.40 Å². The minimum Gasteiger partial charge on any atom is -0.482 e. The number of carbonyl (C=O) groups is 1. The maximum atomic E-state index is 10.8. The maximum Gasteiger partial charge on any atom is 0.339 e. The fourth-order valence-electron chi connectivity index (χ4n) is 1.06. The Kier molecular flexibility index (Phi) is 4.25. The van der Waals surface area contributed by atoms with E-state index < -0.39 is 23.1 Å². The summed E-state index contributed by atoms with van der Waals surface area (Å²) in [6.45, 7) is 0.434. The first-order valence-corrected chi connectivity index (χ1v) is 5.56. The highest BCUT2D eigenvalue weighted by Gasteiger charge is 2.32. The number of rotatable bonds is 5. The second-order valence-corrected chi connectivity index (χ2v) is 4.57. The lowest BCUT2D eigenvalue weighted by Gasteiger charge is -2.18. The van der Waals surface area contributed by atoms with Crippen molar-refractivity contribution in [2.24, 2.45) is 0 Å². The summed E-state index contributed by atoms with van der Waals surface area (Å²) < 4.78 is 5.34. The molecule has 1 aromatic rings. The molecule has 0 amide bonds. The van der Waals surface area contributed by atoms with Gasteiger partial charge in [-0.1, -0.05) is 6.07 Å². The van der Waals surface area contributed by atoms with Gasteiger partial charge in [0, 0.05) is 6.07 Å². The van der Waals surface area contributed by atoms with Crippen molar-refractivity contribution in [2.75, 3.05) is 6.61 Å². The van der Waals surface area contributed by atoms with Crippen LogP contribution in [0.5, 0.6) is 5.75 Å². The van der Waals surface area contributed by atoms with E-state index in [1.165, 1.54) is 18.2 Å². The molecule has 1 aromatic carbocycles. The lowest BCUT2D eigenvalue weighted by Crippen LogP contribution is -2.41. The third-order valence-corrected chi connectivity index (χ3v) is 2.73. The molecule has 0 fully saturated rings. The van der Waals surface area contributed by atoms with Crippen LogP contribution in [0.15, 0.2) is 22.7 Å². The second-order valence-electron chi connectivity index (χ2n) is 3.71. The predicted octanol–water partition coefficient (Wildman–Crippen LogP) is 1.57. The smallest absolute Gasteiger partial charge is 0.339 e. The lowest BCUT2D eigenvalue weighted by atomic mass is 10.1. The molecule has 0 spiro atoms. The fraction of sp³-hybridized carbons (Fsp3) is 0.300. The minimum atomic E-state index is -2.12. The van der Waals surface area contributed by atoms with E-state index in [0.717, 1.165) is 6.92 Å². The molecule has 0 aromatic heterocycles. The number of carboxylic acid groups (broad SMARTS) is 1. The van der Waals surface area contributed by atoms with Crippen LogP contribution in [0.2, 0.25) is 0 Å². The van der Waals surface area contributed by atoms with Gasteiger partial charge in [-0.25, -0.2) is 4.79 Å². The quantitative estimate of drug-likeness (QED) is 0.629. The van der Waals surface area contributed by atoms with Gasteiger partial charge >= 0.3 is 11.7 Å². The number of aliphatic hydroxyl groups is 1. The third-order valence-electron chi connectivity index (χ3n) is 2.10. The van der Waals surface area contributed by atoms with E-state index in [0.29, 0.717) is 4.47 Å². The largest absolute Gasteiger partial charge is 0.482 e. The zero-order chi connectivity index (χ0) is 13.9. The normalized spacial score (nSPS) is 13.7. The van der Waals surface area contributed by atoms with Crippen molar-refractivity contribution >= 4 is 27.6 Å². The van der Waals surface area contributed by atoms with Gasteiger partial charge < -0.3 is 14.9 Å². The molecule has 0 radical (unpaired) electrons. The van der Waals surface area contributed by atoms with Crippen molar-refractivity contribution in [1.29, 1.82) is 0 Å². The van der Waals surface area contributed by atoms with E-state index in [1.807, 2.05) is 0 Å². The van der Waals surface area contributed by atoms with Crippen molar-refractivity contribution in [1.82, 2.24) is 0 Å². The third kappa shape index (κ3) is 3.17. The van der Waals surface area contributed by atoms with Crippen LogP contribution in [-0.4, -0.2) is 33.3 Å². The van der Waals surface area contributed by atoms with E-state index in [1.54, 1.807) is 0 Å². The van der Waals surface area contributed by atoms with Crippen molar-refractivity contribution in [3.63, 3.8) is 0 Å². The Morgan fingerprint density at radius 1 is 1.61 bits per heavy atom. The van der Waals surface area contributed by atoms with Crippen molar-refractivity contribution in [2.45, 2.75) is 12.5 Å². The topological polar surface area (TPSA) is 110 Å². The van der Waals surface area contributed by atoms with E-state index in [2.05, 4.69) is 15.9 Å². The van der Waals surface area contributed by atoms with Crippen LogP contribution in [-0.2, 0) is 4.79 Å². The molecule has 7 nitrogen and oxygen atoms in total. The van der Waals surface area contributed by atoms with Crippen molar-refractivity contribution < 1.29 is 24.7 Å². The monoisotopic (exact) mass is 319 g/mol. The molecule has 1 rings (SSSR count). The summed E-state index contributed by atoms with van der Waals surface area (Å²) in [5.74, 6) is -1.60. The molecule has 0 heterocycles. The molecule has 0 aliphatic carbocycles. The molecular formula is C10H10BrNO6. The molecule has 1 unspecified atom stereocenters. The number of para-hydroxylation sites is 1. The van der Waals surface area contributed by atoms with Crippen LogP contribution in [0.1, 0.15) is 6.92 Å². The molecule has 8 heteroatoms. The Hall–Kier alpha value is -1.67. The Morgan fingerprint density at radius 2 is 2.22 bits per heavy atom. The first kappa shape index (κ1) is 14.4. The summed E-state index contributed by atoms with van der Waals surface area (Å²) in [6.07, 6.45) is 0. The number of benzene rings is 1. The minimum absolute atomic E-state index is 0.121. The molecule has 0 aliphatic rings. The Morgan fingerprint density at radius 3 is 2.72 bits per heavy atom. The van der Waals surface area contributed by atoms with E-state index in [9.17, 15) is 20.0 Å². The number of aliphatic carboxylic acids is 1. The fourth-order valence-corrected chi connectivity index (χ4v) is 1.53. The van der Waals surface area contributed by atoms with Crippen molar-refractivity contribution in [3.05, 3.63) is 32.8 Å². The summed E-state index contributed by atoms with van der Waals surface area (Å²) >= 11 is 3.06. The van der Waals surface area contributed by atoms with E-state index in [-0.39, 0.29) is 11.4 Å². The number of nitrogens with zero attached hydrogens (tertiary/aromatic N) is 1. The highest BCUT2D eigenvalue weighted by atomic mass is 79.9. The number of hydrogen-bond acceptors (Lipinski definition) is 5. The second kappa shape index (κ2) is 5.32. The first-order valence-electron chi connectivity index (χ1n) is 4.77. The number of ether oxygens (including phenoxy) is 1. The summed E-state index contributed by atoms with van der Waals surface area (Å²) in [6, 6.07) is 4.18. The zero-order valence-corrected chi connectivity index (χ0v) is 10.9. The average Bonchev–Trinajstić information content (AvgIpc) is 2.26. The summed E-state index contributed by atoms with van der Waals surface area (Å²) in [4.78, 5) is 20.8. The molecular weight excluding hydrogens is 310 g/mol. The molecule has 0 saturated carbocycles. The van der Waals surface area contributed by atoms with E-state index >= 15 is 0 Å². The number of halogens is 1. The van der Waals surface area contributed by atoms with Gasteiger partial charge in [0.2, 0.25) is 5.75 Å². The van der Waals surface area contributed by atoms with Crippen LogP contribution in [0.4, 0.5) is 5.69 Å². The summed E-state index contributed by atoms with van der Waals surface area (Å²) in [7, 11) is 0. The number of nitro benzene ring substituents is 1. The number of carboxylic acids is 1. The zero-order valence-electron chi connectivity index (χ0n) is 9.29. The van der Waals surface area contributed by atoms with Crippen molar-refractivity contribution in [3.8, 4) is 5.75 Å². The molecule has 2 N–H and O–H groups in total. The van der Waals surface area contributed by atoms with Crippen LogP contribution >= 0.6 is 15.9 Å². The van der Waals surface area contributed by atoms with Gasteiger partial charge in [-0.05, 0) is 28.9 Å². The first-order chi connectivity index (χ1) is 8.25.